The largest absolute Gasteiger partial charge is 0.375 e. The van der Waals surface area contributed by atoms with Crippen LogP contribution in [0.25, 0.3) is 0 Å². The van der Waals surface area contributed by atoms with Crippen LogP contribution in [0.15, 0.2) is 0 Å². The Hall–Kier alpha value is -0.210. The molecule has 106 valence electrons. The molecular weight excluding hydrogens is 254 g/mol. The van der Waals surface area contributed by atoms with Gasteiger partial charge in [0.15, 0.2) is 0 Å². The van der Waals surface area contributed by atoms with E-state index in [1.54, 1.807) is 8.61 Å². The minimum Gasteiger partial charge on any atom is -0.375 e. The molecule has 0 aromatic rings. The molecule has 0 aromatic carbocycles. The molecule has 0 saturated carbocycles. The van der Waals surface area contributed by atoms with E-state index >= 15 is 0 Å². The summed E-state index contributed by atoms with van der Waals surface area (Å²) >= 11 is 0. The van der Waals surface area contributed by atoms with Gasteiger partial charge in [0.05, 0.1) is 12.7 Å². The third-order valence-corrected chi connectivity index (χ3v) is 5.91. The highest BCUT2D eigenvalue weighted by molar-refractivity contribution is 7.86. The molecule has 0 unspecified atom stereocenters. The molecule has 3 atom stereocenters. The molecule has 0 aliphatic carbocycles. The van der Waals surface area contributed by atoms with Gasteiger partial charge in [-0.15, -0.1) is 0 Å². The second-order valence-corrected chi connectivity index (χ2v) is 7.05. The van der Waals surface area contributed by atoms with Crippen molar-refractivity contribution < 1.29 is 13.2 Å². The molecule has 0 aromatic heterocycles. The average molecular weight is 277 g/mol. The van der Waals surface area contributed by atoms with Crippen molar-refractivity contribution in [3.63, 3.8) is 0 Å². The van der Waals surface area contributed by atoms with Gasteiger partial charge in [-0.2, -0.15) is 17.0 Å². The monoisotopic (exact) mass is 277 g/mol. The Morgan fingerprint density at radius 2 is 2.06 bits per heavy atom. The van der Waals surface area contributed by atoms with Gasteiger partial charge in [0.25, 0.3) is 10.2 Å². The Kier molecular flexibility index (Phi) is 4.28. The van der Waals surface area contributed by atoms with Crippen molar-refractivity contribution in [3.8, 4) is 0 Å². The van der Waals surface area contributed by atoms with Crippen molar-refractivity contribution in [3.05, 3.63) is 0 Å². The van der Waals surface area contributed by atoms with Crippen LogP contribution in [0.1, 0.15) is 26.7 Å². The molecule has 0 bridgehead atoms. The molecule has 18 heavy (non-hydrogen) atoms. The van der Waals surface area contributed by atoms with Gasteiger partial charge in [-0.05, 0) is 26.7 Å². The molecule has 2 heterocycles. The van der Waals surface area contributed by atoms with Gasteiger partial charge in [-0.3, -0.25) is 0 Å². The summed E-state index contributed by atoms with van der Waals surface area (Å²) in [6, 6.07) is -0.148. The summed E-state index contributed by atoms with van der Waals surface area (Å²) in [5.74, 6) is 0. The zero-order chi connectivity index (χ0) is 13.3. The van der Waals surface area contributed by atoms with E-state index in [0.717, 1.165) is 12.8 Å². The Bertz CT molecular complexity index is 387. The van der Waals surface area contributed by atoms with E-state index in [2.05, 4.69) is 0 Å². The summed E-state index contributed by atoms with van der Waals surface area (Å²) in [6.45, 7) is 5.66. The number of rotatable bonds is 3. The Morgan fingerprint density at radius 3 is 2.72 bits per heavy atom. The first-order valence-corrected chi connectivity index (χ1v) is 7.96. The predicted molar refractivity (Wildman–Crippen MR) is 69.3 cm³/mol. The van der Waals surface area contributed by atoms with Crippen LogP contribution in [0.3, 0.4) is 0 Å². The summed E-state index contributed by atoms with van der Waals surface area (Å²) in [5, 5.41) is 0. The third kappa shape index (κ3) is 2.55. The van der Waals surface area contributed by atoms with E-state index in [1.165, 1.54) is 0 Å². The Labute approximate surface area is 109 Å². The number of nitrogens with two attached hydrogens (primary N) is 1. The van der Waals surface area contributed by atoms with Gasteiger partial charge in [-0.1, -0.05) is 0 Å². The molecule has 2 N–H and O–H groups in total. The van der Waals surface area contributed by atoms with Crippen LogP contribution in [0.2, 0.25) is 0 Å². The maximum atomic E-state index is 12.7. The third-order valence-electron chi connectivity index (χ3n) is 3.74. The number of morpholine rings is 1. The highest BCUT2D eigenvalue weighted by Crippen LogP contribution is 2.25. The average Bonchev–Trinajstić information content (AvgIpc) is 2.81. The van der Waals surface area contributed by atoms with E-state index in [9.17, 15) is 8.42 Å². The van der Waals surface area contributed by atoms with Crippen LogP contribution in [-0.2, 0) is 14.9 Å². The molecule has 2 rings (SSSR count). The maximum absolute atomic E-state index is 12.7. The van der Waals surface area contributed by atoms with Crippen LogP contribution in [0.4, 0.5) is 0 Å². The molecule has 2 aliphatic rings. The van der Waals surface area contributed by atoms with Gasteiger partial charge in [0, 0.05) is 31.7 Å². The van der Waals surface area contributed by atoms with Crippen molar-refractivity contribution in [2.24, 2.45) is 5.73 Å². The van der Waals surface area contributed by atoms with Crippen molar-refractivity contribution >= 4 is 10.2 Å². The quantitative estimate of drug-likeness (QED) is 0.773. The predicted octanol–water partition coefficient (Wildman–Crippen LogP) is -0.236. The molecule has 2 aliphatic heterocycles. The van der Waals surface area contributed by atoms with Gasteiger partial charge >= 0.3 is 0 Å². The molecule has 2 saturated heterocycles. The van der Waals surface area contributed by atoms with E-state index in [-0.39, 0.29) is 18.2 Å². The minimum atomic E-state index is -3.40. The second-order valence-electron chi connectivity index (χ2n) is 5.21. The zero-order valence-electron chi connectivity index (χ0n) is 11.1. The first-order valence-electron chi connectivity index (χ1n) is 6.57. The van der Waals surface area contributed by atoms with E-state index in [0.29, 0.717) is 26.2 Å². The lowest BCUT2D eigenvalue weighted by atomic mass is 10.2. The zero-order valence-corrected chi connectivity index (χ0v) is 11.9. The van der Waals surface area contributed by atoms with Crippen molar-refractivity contribution in [1.82, 2.24) is 8.61 Å². The number of hydrogen-bond donors (Lipinski definition) is 1. The summed E-state index contributed by atoms with van der Waals surface area (Å²) in [6.07, 6.45) is 1.72. The smallest absolute Gasteiger partial charge is 0.282 e. The lowest BCUT2D eigenvalue weighted by molar-refractivity contribution is -0.0191. The van der Waals surface area contributed by atoms with Gasteiger partial charge in [-0.25, -0.2) is 0 Å². The molecule has 0 radical (unpaired) electrons. The first-order chi connectivity index (χ1) is 8.46. The van der Waals surface area contributed by atoms with Crippen LogP contribution >= 0.6 is 0 Å². The van der Waals surface area contributed by atoms with Gasteiger partial charge in [0.2, 0.25) is 0 Å². The van der Waals surface area contributed by atoms with Gasteiger partial charge < -0.3 is 10.5 Å². The first kappa shape index (κ1) is 14.2. The highest BCUT2D eigenvalue weighted by Gasteiger charge is 2.41. The molecular formula is C11H23N3O3S. The van der Waals surface area contributed by atoms with Gasteiger partial charge in [0.1, 0.15) is 0 Å². The second kappa shape index (κ2) is 5.42. The molecule has 0 amide bonds. The lowest BCUT2D eigenvalue weighted by Gasteiger charge is -2.39. The van der Waals surface area contributed by atoms with E-state index in [1.807, 2.05) is 13.8 Å². The standard InChI is InChI=1S/C11H23N3O3S/c1-9-8-17-10(2)7-14(9)18(15,16)13-5-3-4-11(13)6-12/h9-11H,3-8,12H2,1-2H3/t9-,10+,11+/m0/s1. The number of ether oxygens (including phenoxy) is 1. The van der Waals surface area contributed by atoms with Crippen LogP contribution in [0.5, 0.6) is 0 Å². The minimum absolute atomic E-state index is 0.0413. The summed E-state index contributed by atoms with van der Waals surface area (Å²) in [5.41, 5.74) is 5.66. The van der Waals surface area contributed by atoms with Crippen molar-refractivity contribution in [1.29, 1.82) is 0 Å². The molecule has 0 spiro atoms. The molecule has 7 heteroatoms. The van der Waals surface area contributed by atoms with Crippen molar-refractivity contribution in [2.45, 2.75) is 44.9 Å². The lowest BCUT2D eigenvalue weighted by Crippen LogP contribution is -2.56. The molecule has 6 nitrogen and oxygen atoms in total. The summed E-state index contributed by atoms with van der Waals surface area (Å²) < 4.78 is 33.9. The molecule has 2 fully saturated rings. The van der Waals surface area contributed by atoms with Crippen molar-refractivity contribution in [2.75, 3.05) is 26.2 Å². The fraction of sp³-hybridized carbons (Fsp3) is 1.00. The van der Waals surface area contributed by atoms with Crippen LogP contribution < -0.4 is 5.73 Å². The summed E-state index contributed by atoms with van der Waals surface area (Å²) in [7, 11) is -3.40. The number of nitrogens with zero attached hydrogens (tertiary/aromatic N) is 2. The maximum Gasteiger partial charge on any atom is 0.282 e. The van der Waals surface area contributed by atoms with Crippen LogP contribution in [0, 0.1) is 0 Å². The van der Waals surface area contributed by atoms with Crippen LogP contribution in [-0.4, -0.2) is 61.5 Å². The normalized spacial score (nSPS) is 36.1. The fourth-order valence-electron chi connectivity index (χ4n) is 2.68. The van der Waals surface area contributed by atoms with E-state index < -0.39 is 10.2 Å². The Balaban J connectivity index is 2.19. The SMILES string of the molecule is C[C@@H]1CN(S(=O)(=O)N2CCC[C@@H]2CN)[C@@H](C)CO1. The summed E-state index contributed by atoms with van der Waals surface area (Å²) in [4.78, 5) is 0. The van der Waals surface area contributed by atoms with E-state index in [4.69, 9.17) is 10.5 Å². The highest BCUT2D eigenvalue weighted by atomic mass is 32.2. The number of hydrogen-bond acceptors (Lipinski definition) is 4. The topological polar surface area (TPSA) is 75.9 Å². The fourth-order valence-corrected chi connectivity index (χ4v) is 4.79. The Morgan fingerprint density at radius 1 is 1.33 bits per heavy atom.